The predicted molar refractivity (Wildman–Crippen MR) is 327 cm³/mol. The number of imide groups is 1. The van der Waals surface area contributed by atoms with Crippen LogP contribution in [0, 0.1) is 23.7 Å². The van der Waals surface area contributed by atoms with E-state index in [1.807, 2.05) is 19.9 Å². The van der Waals surface area contributed by atoms with E-state index in [1.165, 1.54) is 44.4 Å². The van der Waals surface area contributed by atoms with Gasteiger partial charge in [-0.15, -0.1) is 0 Å². The number of hydrogen-bond donors (Lipinski definition) is 9. The van der Waals surface area contributed by atoms with Gasteiger partial charge in [-0.1, -0.05) is 91.3 Å². The van der Waals surface area contributed by atoms with Crippen LogP contribution in [-0.2, 0) is 68.7 Å². The van der Waals surface area contributed by atoms with Gasteiger partial charge in [-0.3, -0.25) is 48.2 Å². The third kappa shape index (κ3) is 19.2. The Hall–Kier alpha value is -7.60. The molecule has 5 rings (SSSR count). The van der Waals surface area contributed by atoms with Gasteiger partial charge in [-0.2, -0.15) is 0 Å². The third-order valence-corrected chi connectivity index (χ3v) is 17.0. The first-order valence-corrected chi connectivity index (χ1v) is 30.6. The molecule has 9 N–H and O–H groups in total. The Morgan fingerprint density at radius 3 is 2.04 bits per heavy atom. The summed E-state index contributed by atoms with van der Waals surface area (Å²) < 4.78 is 28.7. The van der Waals surface area contributed by atoms with Crippen LogP contribution >= 0.6 is 0 Å². The topological polar surface area (TPSA) is 379 Å². The number of benzene rings is 2. The Morgan fingerprint density at radius 2 is 1.45 bits per heavy atom. The molecular formula is C63H92N8O20. The van der Waals surface area contributed by atoms with Gasteiger partial charge in [0.15, 0.2) is 6.10 Å². The first-order valence-electron chi connectivity index (χ1n) is 30.6. The molecule has 28 heteroatoms. The molecule has 0 saturated carbocycles. The number of nitrogens with zero attached hydrogens (tertiary/aromatic N) is 4. The van der Waals surface area contributed by atoms with E-state index < -0.39 is 151 Å². The molecule has 0 radical (unpaired) electrons. The number of hydrogen-bond acceptors (Lipinski definition) is 19. The van der Waals surface area contributed by atoms with Crippen LogP contribution in [0.15, 0.2) is 60.7 Å². The van der Waals surface area contributed by atoms with Gasteiger partial charge in [0.05, 0.1) is 54.5 Å². The largest absolute Gasteiger partial charge is 0.479 e. The van der Waals surface area contributed by atoms with E-state index in [-0.39, 0.29) is 67.1 Å². The van der Waals surface area contributed by atoms with E-state index in [2.05, 4.69) is 21.3 Å². The lowest BCUT2D eigenvalue weighted by Crippen LogP contribution is -2.61. The Kier molecular flexibility index (Phi) is 27.8. The van der Waals surface area contributed by atoms with Crippen molar-refractivity contribution < 1.29 is 97.2 Å². The van der Waals surface area contributed by atoms with Gasteiger partial charge in [-0.25, -0.2) is 9.59 Å². The van der Waals surface area contributed by atoms with E-state index in [1.54, 1.807) is 77.8 Å². The molecule has 28 nitrogen and oxygen atoms in total. The van der Waals surface area contributed by atoms with Gasteiger partial charge >= 0.3 is 12.1 Å². The Morgan fingerprint density at radius 1 is 0.791 bits per heavy atom. The number of carbonyl (C=O) groups is 10. The van der Waals surface area contributed by atoms with Gasteiger partial charge in [0.2, 0.25) is 41.7 Å². The standard InChI is InChI=1S/C63H92N8O20/c1-13-35(6)51(43(87-11)31-48(76)70-28-17-20-41(70)56(88-12)36(7)58(81)65-37(8)52(77)39-18-15-14-16-19-39)68(9)60(83)49(33(2)3)67-59(82)50(34(4)5)69(10)63(86)89-32-38-21-22-42(90-62-55(80)53(78)54(79)57(91-62)61(84)85)40(30-38)66-45(73)25-27-64-44(72)26-29-71-46(74)23-24-47(71)75/h14-16,18-19,21-24,30,33-37,41,43,49-57,62,77-80H,13,17,20,25-29,31-32H2,1-12H3,(H,64,72)(H,65,81)(H,66,73)(H,67,82)(H,84,85)/t35-,36+,37+,41?,43+,49-,50-,51-,52+,53-,54-,55+,56+,57-,62+/m0/s1. The second-order valence-electron chi connectivity index (χ2n) is 24.1. The number of aliphatic hydroxyl groups excluding tert-OH is 4. The Balaban J connectivity index is 1.26. The predicted octanol–water partition coefficient (Wildman–Crippen LogP) is 1.61. The van der Waals surface area contributed by atoms with Crippen LogP contribution < -0.4 is 26.0 Å². The van der Waals surface area contributed by atoms with Gasteiger partial charge in [0.1, 0.15) is 42.8 Å². The number of carbonyl (C=O) groups excluding carboxylic acids is 9. The van der Waals surface area contributed by atoms with Gasteiger partial charge in [0, 0.05) is 72.9 Å². The van der Waals surface area contributed by atoms with Gasteiger partial charge in [0.25, 0.3) is 11.8 Å². The van der Waals surface area contributed by atoms with Crippen molar-refractivity contribution in [2.75, 3.05) is 53.3 Å². The molecule has 2 fully saturated rings. The van der Waals surface area contributed by atoms with E-state index in [0.717, 1.165) is 22.0 Å². The fourth-order valence-corrected chi connectivity index (χ4v) is 11.6. The molecule has 0 spiro atoms. The summed E-state index contributed by atoms with van der Waals surface area (Å²) in [5, 5.41) is 62.9. The number of likely N-dealkylation sites (tertiary alicyclic amines) is 1. The van der Waals surface area contributed by atoms with E-state index in [4.69, 9.17) is 23.7 Å². The van der Waals surface area contributed by atoms with Crippen molar-refractivity contribution in [3.05, 3.63) is 71.8 Å². The van der Waals surface area contributed by atoms with Crippen molar-refractivity contribution >= 4 is 65.0 Å². The molecule has 3 aliphatic heterocycles. The summed E-state index contributed by atoms with van der Waals surface area (Å²) in [6.45, 7) is 13.7. The number of carboxylic acid groups (broad SMARTS) is 1. The van der Waals surface area contributed by atoms with Crippen molar-refractivity contribution in [3.63, 3.8) is 0 Å². The molecule has 1 unspecified atom stereocenters. The van der Waals surface area contributed by atoms with Crippen LogP contribution in [0.2, 0.25) is 0 Å². The third-order valence-electron chi connectivity index (χ3n) is 17.0. The van der Waals surface area contributed by atoms with Crippen molar-refractivity contribution in [2.45, 2.75) is 180 Å². The molecule has 2 aromatic carbocycles. The Bertz CT molecular complexity index is 2880. The highest BCUT2D eigenvalue weighted by molar-refractivity contribution is 6.13. The number of likely N-dealkylation sites (N-methyl/N-ethyl adjacent to an activating group) is 2. The molecular weight excluding hydrogens is 1190 g/mol. The summed E-state index contributed by atoms with van der Waals surface area (Å²) in [5.41, 5.74) is 0.718. The average molecular weight is 1280 g/mol. The molecule has 15 atom stereocenters. The number of amides is 9. The molecule has 3 heterocycles. The highest BCUT2D eigenvalue weighted by Crippen LogP contribution is 2.33. The van der Waals surface area contributed by atoms with Crippen LogP contribution in [0.5, 0.6) is 5.75 Å². The minimum absolute atomic E-state index is 0.131. The number of methoxy groups -OCH3 is 2. The summed E-state index contributed by atoms with van der Waals surface area (Å²) in [4.78, 5) is 138. The zero-order valence-electron chi connectivity index (χ0n) is 53.8. The molecule has 2 saturated heterocycles. The molecule has 9 amide bonds. The number of rotatable bonds is 32. The fourth-order valence-electron chi connectivity index (χ4n) is 11.6. The summed E-state index contributed by atoms with van der Waals surface area (Å²) in [7, 11) is 5.90. The molecule has 0 aromatic heterocycles. The van der Waals surface area contributed by atoms with Gasteiger partial charge in [-0.05, 0) is 60.8 Å². The van der Waals surface area contributed by atoms with E-state index in [0.29, 0.717) is 31.4 Å². The minimum Gasteiger partial charge on any atom is -0.479 e. The molecule has 0 bridgehead atoms. The summed E-state index contributed by atoms with van der Waals surface area (Å²) in [5.74, 6) is -8.11. The molecule has 91 heavy (non-hydrogen) atoms. The number of nitrogens with one attached hydrogen (secondary N) is 4. The quantitative estimate of drug-likeness (QED) is 0.0470. The van der Waals surface area contributed by atoms with Crippen LogP contribution in [0.4, 0.5) is 10.5 Å². The monoisotopic (exact) mass is 1280 g/mol. The zero-order chi connectivity index (χ0) is 67.7. The lowest BCUT2D eigenvalue weighted by Gasteiger charge is -2.41. The lowest BCUT2D eigenvalue weighted by molar-refractivity contribution is -0.271. The van der Waals surface area contributed by atoms with Crippen LogP contribution in [0.1, 0.15) is 111 Å². The second-order valence-corrected chi connectivity index (χ2v) is 24.1. The SMILES string of the molecule is CC[C@H](C)[C@@H]([C@@H](CC(=O)N1CCCC1[C@H](OC)[C@@H](C)C(=O)N[C@H](C)[C@@H](O)c1ccccc1)OC)N(C)C(=O)[C@@H](NC(=O)[C@H](C(C)C)N(C)C(=O)OCc1ccc(O[C@@H]2O[C@H](C(=O)O)[C@@H](O)[C@H](O)[C@H]2O)c(NC(=O)CCNC(=O)CCN2C(=O)C=CC2=O)c1)C(C)C. The summed E-state index contributed by atoms with van der Waals surface area (Å²) in [6.07, 6.45) is -10.2. The van der Waals surface area contributed by atoms with Crippen molar-refractivity contribution in [2.24, 2.45) is 23.7 Å². The maximum atomic E-state index is 14.8. The van der Waals surface area contributed by atoms with Crippen molar-refractivity contribution in [3.8, 4) is 5.75 Å². The first kappa shape index (κ1) is 74.1. The second kappa shape index (κ2) is 34.2. The van der Waals surface area contributed by atoms with Gasteiger partial charge < -0.3 is 80.3 Å². The molecule has 0 aliphatic carbocycles. The van der Waals surface area contributed by atoms with Crippen LogP contribution in [-0.4, -0.2) is 226 Å². The average Bonchev–Trinajstić information content (AvgIpc) is 1.12. The smallest absolute Gasteiger partial charge is 0.410 e. The highest BCUT2D eigenvalue weighted by atomic mass is 16.7. The minimum atomic E-state index is -2.04. The highest BCUT2D eigenvalue weighted by Gasteiger charge is 2.49. The van der Waals surface area contributed by atoms with E-state index in [9.17, 15) is 73.5 Å². The zero-order valence-corrected chi connectivity index (χ0v) is 53.8. The van der Waals surface area contributed by atoms with Crippen molar-refractivity contribution in [1.29, 1.82) is 0 Å². The van der Waals surface area contributed by atoms with E-state index >= 15 is 0 Å². The normalized spacial score (nSPS) is 22.0. The number of aliphatic carboxylic acids is 1. The van der Waals surface area contributed by atoms with Crippen LogP contribution in [0.3, 0.4) is 0 Å². The Labute approximate surface area is 530 Å². The van der Waals surface area contributed by atoms with Crippen molar-refractivity contribution in [1.82, 2.24) is 35.6 Å². The fraction of sp³-hybridized carbons (Fsp3) is 0.619. The maximum Gasteiger partial charge on any atom is 0.410 e. The lowest BCUT2D eigenvalue weighted by atomic mass is 9.89. The summed E-state index contributed by atoms with van der Waals surface area (Å²) in [6, 6.07) is 8.81. The maximum absolute atomic E-state index is 14.8. The molecule has 3 aliphatic rings. The van der Waals surface area contributed by atoms with Crippen LogP contribution in [0.25, 0.3) is 0 Å². The number of aliphatic hydroxyl groups is 4. The number of carboxylic acids is 1. The first-order chi connectivity index (χ1) is 43.0. The molecule has 504 valence electrons. The summed E-state index contributed by atoms with van der Waals surface area (Å²) >= 11 is 0. The number of anilines is 1. The number of ether oxygens (including phenoxy) is 5. The molecule has 2 aromatic rings.